The van der Waals surface area contributed by atoms with E-state index in [1.54, 1.807) is 6.20 Å². The predicted molar refractivity (Wildman–Crippen MR) is 117 cm³/mol. The zero-order chi connectivity index (χ0) is 21.0. The Labute approximate surface area is 179 Å². The number of carbonyl (C=O) groups is 1. The van der Waals surface area contributed by atoms with Gasteiger partial charge in [0, 0.05) is 24.0 Å². The highest BCUT2D eigenvalue weighted by Crippen LogP contribution is 2.29. The van der Waals surface area contributed by atoms with Crippen LogP contribution in [0.25, 0.3) is 22.2 Å². The first-order valence-corrected chi connectivity index (χ1v) is 10.3. The number of morpholine rings is 1. The van der Waals surface area contributed by atoms with Gasteiger partial charge in [0.2, 0.25) is 5.91 Å². The van der Waals surface area contributed by atoms with Gasteiger partial charge in [-0.05, 0) is 42.5 Å². The van der Waals surface area contributed by atoms with E-state index in [4.69, 9.17) is 14.5 Å². The molecular formula is C24H22N4O3. The molecule has 3 heterocycles. The van der Waals surface area contributed by atoms with Crippen LogP contribution in [0.4, 0.5) is 0 Å². The number of para-hydroxylation sites is 1. The number of rotatable bonds is 5. The Balaban J connectivity index is 1.41. The third kappa shape index (κ3) is 4.27. The molecule has 7 nitrogen and oxygen atoms in total. The summed E-state index contributed by atoms with van der Waals surface area (Å²) < 4.78 is 11.2. The van der Waals surface area contributed by atoms with Gasteiger partial charge in [-0.1, -0.05) is 18.2 Å². The number of aromatic nitrogens is 3. The van der Waals surface area contributed by atoms with Crippen molar-refractivity contribution in [2.75, 3.05) is 26.3 Å². The molecule has 1 aliphatic rings. The van der Waals surface area contributed by atoms with E-state index in [1.165, 1.54) is 0 Å². The Morgan fingerprint density at radius 3 is 2.55 bits per heavy atom. The Kier molecular flexibility index (Phi) is 5.33. The average Bonchev–Trinajstić information content (AvgIpc) is 3.29. The van der Waals surface area contributed by atoms with Crippen molar-refractivity contribution in [2.24, 2.45) is 0 Å². The van der Waals surface area contributed by atoms with Crippen molar-refractivity contribution in [3.8, 4) is 22.8 Å². The number of hydrogen-bond acceptors (Lipinski definition) is 5. The summed E-state index contributed by atoms with van der Waals surface area (Å²) in [6, 6.07) is 19.3. The minimum atomic E-state index is 0.0622. The number of hydrogen-bond donors (Lipinski definition) is 1. The van der Waals surface area contributed by atoms with Crippen LogP contribution < -0.4 is 4.74 Å². The number of aromatic amines is 1. The number of nitrogens with zero attached hydrogens (tertiary/aromatic N) is 3. The molecule has 1 amide bonds. The lowest BCUT2D eigenvalue weighted by Crippen LogP contribution is -2.41. The molecule has 1 N–H and O–H groups in total. The predicted octanol–water partition coefficient (Wildman–Crippen LogP) is 3.82. The van der Waals surface area contributed by atoms with Crippen molar-refractivity contribution >= 4 is 16.8 Å². The van der Waals surface area contributed by atoms with Gasteiger partial charge in [-0.2, -0.15) is 5.10 Å². The molecule has 5 rings (SSSR count). The second-order valence-corrected chi connectivity index (χ2v) is 7.40. The van der Waals surface area contributed by atoms with Gasteiger partial charge in [0.1, 0.15) is 11.5 Å². The van der Waals surface area contributed by atoms with Gasteiger partial charge in [-0.15, -0.1) is 0 Å². The molecule has 0 radical (unpaired) electrons. The number of H-pyrrole nitrogens is 1. The first kappa shape index (κ1) is 19.3. The van der Waals surface area contributed by atoms with E-state index in [0.717, 1.165) is 33.7 Å². The zero-order valence-corrected chi connectivity index (χ0v) is 17.0. The molecule has 0 spiro atoms. The summed E-state index contributed by atoms with van der Waals surface area (Å²) in [5.74, 6) is 1.60. The van der Waals surface area contributed by atoms with Crippen LogP contribution in [0, 0.1) is 0 Å². The monoisotopic (exact) mass is 414 g/mol. The van der Waals surface area contributed by atoms with E-state index in [2.05, 4.69) is 10.2 Å². The third-order valence-electron chi connectivity index (χ3n) is 5.29. The van der Waals surface area contributed by atoms with Crippen molar-refractivity contribution in [3.05, 3.63) is 72.6 Å². The second kappa shape index (κ2) is 8.57. The van der Waals surface area contributed by atoms with E-state index < -0.39 is 0 Å². The van der Waals surface area contributed by atoms with Crippen LogP contribution in [0.3, 0.4) is 0 Å². The summed E-state index contributed by atoms with van der Waals surface area (Å²) in [6.07, 6.45) is 2.01. The van der Waals surface area contributed by atoms with Gasteiger partial charge >= 0.3 is 0 Å². The van der Waals surface area contributed by atoms with Gasteiger partial charge in [0.15, 0.2) is 0 Å². The molecule has 2 aromatic carbocycles. The van der Waals surface area contributed by atoms with Crippen LogP contribution in [-0.4, -0.2) is 52.3 Å². The van der Waals surface area contributed by atoms with E-state index in [1.807, 2.05) is 65.6 Å². The lowest BCUT2D eigenvalue weighted by atomic mass is 10.1. The lowest BCUT2D eigenvalue weighted by Gasteiger charge is -2.26. The fourth-order valence-corrected chi connectivity index (χ4v) is 3.69. The number of carbonyl (C=O) groups excluding carboxylic acids is 1. The molecule has 0 unspecified atom stereocenters. The summed E-state index contributed by atoms with van der Waals surface area (Å²) in [4.78, 5) is 19.3. The van der Waals surface area contributed by atoms with Crippen molar-refractivity contribution in [3.63, 3.8) is 0 Å². The third-order valence-corrected chi connectivity index (χ3v) is 5.29. The lowest BCUT2D eigenvalue weighted by molar-refractivity contribution is -0.134. The van der Waals surface area contributed by atoms with Gasteiger partial charge in [-0.3, -0.25) is 14.9 Å². The van der Waals surface area contributed by atoms with E-state index in [-0.39, 0.29) is 12.3 Å². The number of nitrogens with one attached hydrogen (secondary N) is 1. The second-order valence-electron chi connectivity index (χ2n) is 7.40. The number of amides is 1. The van der Waals surface area contributed by atoms with Gasteiger partial charge in [-0.25, -0.2) is 0 Å². The molecule has 1 saturated heterocycles. The summed E-state index contributed by atoms with van der Waals surface area (Å²) in [5.41, 5.74) is 3.31. The fourth-order valence-electron chi connectivity index (χ4n) is 3.69. The quantitative estimate of drug-likeness (QED) is 0.537. The first-order chi connectivity index (χ1) is 15.3. The molecule has 2 aromatic heterocycles. The number of fused-ring (bicyclic) bond motifs is 1. The van der Waals surface area contributed by atoms with Crippen LogP contribution in [0.5, 0.6) is 11.5 Å². The van der Waals surface area contributed by atoms with Crippen LogP contribution >= 0.6 is 0 Å². The Morgan fingerprint density at radius 1 is 1.03 bits per heavy atom. The van der Waals surface area contributed by atoms with Gasteiger partial charge in [0.05, 0.1) is 42.7 Å². The minimum absolute atomic E-state index is 0.0622. The fraction of sp³-hybridized carbons (Fsp3) is 0.208. The average molecular weight is 414 g/mol. The molecule has 0 atom stereocenters. The van der Waals surface area contributed by atoms with Crippen LogP contribution in [0.1, 0.15) is 5.69 Å². The van der Waals surface area contributed by atoms with Gasteiger partial charge < -0.3 is 14.4 Å². The molecule has 7 heteroatoms. The Bertz CT molecular complexity index is 1180. The Morgan fingerprint density at radius 2 is 1.77 bits per heavy atom. The standard InChI is InChI=1S/C24H22N4O3/c29-23(28-10-12-30-13-11-28)15-18-14-22-21(16-25-27-22)24(26-18)17-6-8-20(9-7-17)31-19-4-2-1-3-5-19/h1-9,14,16H,10-13,15H2,(H,25,27). The molecule has 0 aliphatic carbocycles. The highest BCUT2D eigenvalue weighted by Gasteiger charge is 2.19. The summed E-state index contributed by atoms with van der Waals surface area (Å²) in [5, 5.41) is 8.09. The maximum absolute atomic E-state index is 12.7. The van der Waals surface area contributed by atoms with Crippen LogP contribution in [0.2, 0.25) is 0 Å². The van der Waals surface area contributed by atoms with Crippen molar-refractivity contribution in [1.29, 1.82) is 0 Å². The molecule has 1 aliphatic heterocycles. The maximum Gasteiger partial charge on any atom is 0.228 e. The molecule has 1 fully saturated rings. The summed E-state index contributed by atoms with van der Waals surface area (Å²) in [6.45, 7) is 2.42. The van der Waals surface area contributed by atoms with Gasteiger partial charge in [0.25, 0.3) is 0 Å². The van der Waals surface area contributed by atoms with Crippen molar-refractivity contribution in [2.45, 2.75) is 6.42 Å². The number of ether oxygens (including phenoxy) is 2. The number of benzene rings is 2. The summed E-state index contributed by atoms with van der Waals surface area (Å²) >= 11 is 0. The molecule has 0 bridgehead atoms. The smallest absolute Gasteiger partial charge is 0.228 e. The largest absolute Gasteiger partial charge is 0.457 e. The van der Waals surface area contributed by atoms with Crippen molar-refractivity contribution in [1.82, 2.24) is 20.1 Å². The number of pyridine rings is 1. The minimum Gasteiger partial charge on any atom is -0.457 e. The van der Waals surface area contributed by atoms with E-state index in [9.17, 15) is 4.79 Å². The topological polar surface area (TPSA) is 80.3 Å². The van der Waals surface area contributed by atoms with E-state index >= 15 is 0 Å². The van der Waals surface area contributed by atoms with E-state index in [0.29, 0.717) is 32.0 Å². The normalized spacial score (nSPS) is 14.0. The van der Waals surface area contributed by atoms with Crippen molar-refractivity contribution < 1.29 is 14.3 Å². The summed E-state index contributed by atoms with van der Waals surface area (Å²) in [7, 11) is 0. The molecule has 31 heavy (non-hydrogen) atoms. The van der Waals surface area contributed by atoms with Crippen LogP contribution in [-0.2, 0) is 16.0 Å². The molecule has 0 saturated carbocycles. The SMILES string of the molecule is O=C(Cc1cc2[nH]ncc2c(-c2ccc(Oc3ccccc3)cc2)n1)N1CCOCC1. The first-order valence-electron chi connectivity index (χ1n) is 10.3. The Hall–Kier alpha value is -3.71. The van der Waals surface area contributed by atoms with Crippen LogP contribution in [0.15, 0.2) is 66.9 Å². The zero-order valence-electron chi connectivity index (χ0n) is 17.0. The highest BCUT2D eigenvalue weighted by molar-refractivity contribution is 5.93. The highest BCUT2D eigenvalue weighted by atomic mass is 16.5. The molecular weight excluding hydrogens is 392 g/mol. The maximum atomic E-state index is 12.7. The molecule has 156 valence electrons. The molecule has 4 aromatic rings.